The van der Waals surface area contributed by atoms with Gasteiger partial charge in [-0.15, -0.1) is 0 Å². The highest BCUT2D eigenvalue weighted by atomic mass is 16.3. The summed E-state index contributed by atoms with van der Waals surface area (Å²) in [7, 11) is 0. The van der Waals surface area contributed by atoms with Crippen LogP contribution in [0.4, 0.5) is 0 Å². The zero-order valence-corrected chi connectivity index (χ0v) is 14.6. The molecule has 0 aliphatic heterocycles. The monoisotopic (exact) mass is 306 g/mol. The van der Waals surface area contributed by atoms with Gasteiger partial charge < -0.3 is 10.2 Å². The quantitative estimate of drug-likeness (QED) is 0.710. The number of aliphatic hydroxyl groups excluding tert-OH is 2. The van der Waals surface area contributed by atoms with Crippen LogP contribution >= 0.6 is 0 Å². The second-order valence-electron chi connectivity index (χ2n) is 9.76. The van der Waals surface area contributed by atoms with E-state index in [-0.39, 0.29) is 17.6 Å². The van der Waals surface area contributed by atoms with E-state index in [0.29, 0.717) is 17.3 Å². The van der Waals surface area contributed by atoms with Crippen LogP contribution in [0.1, 0.15) is 72.1 Å². The lowest BCUT2D eigenvalue weighted by molar-refractivity contribution is -0.176. The van der Waals surface area contributed by atoms with Gasteiger partial charge >= 0.3 is 0 Å². The maximum absolute atomic E-state index is 11.1. The van der Waals surface area contributed by atoms with E-state index >= 15 is 0 Å². The van der Waals surface area contributed by atoms with Crippen LogP contribution in [-0.2, 0) is 0 Å². The summed E-state index contributed by atoms with van der Waals surface area (Å²) < 4.78 is 0. The maximum Gasteiger partial charge on any atom is 0.0581 e. The van der Waals surface area contributed by atoms with Crippen molar-refractivity contribution in [1.82, 2.24) is 0 Å². The van der Waals surface area contributed by atoms with Crippen LogP contribution in [-0.4, -0.2) is 22.4 Å². The average Bonchev–Trinajstić information content (AvgIpc) is 2.75. The highest BCUT2D eigenvalue weighted by Gasteiger charge is 2.62. The fourth-order valence-corrected chi connectivity index (χ4v) is 7.61. The summed E-state index contributed by atoms with van der Waals surface area (Å²) in [5.74, 6) is 3.46. The Hall–Kier alpha value is -0.0800. The Labute approximate surface area is 135 Å². The third kappa shape index (κ3) is 1.92. The van der Waals surface area contributed by atoms with Crippen LogP contribution in [0.5, 0.6) is 0 Å². The smallest absolute Gasteiger partial charge is 0.0581 e. The third-order valence-corrected chi connectivity index (χ3v) is 9.04. The molecule has 4 rings (SSSR count). The molecule has 126 valence electrons. The van der Waals surface area contributed by atoms with Crippen molar-refractivity contribution < 1.29 is 10.2 Å². The van der Waals surface area contributed by atoms with Crippen molar-refractivity contribution in [2.45, 2.75) is 84.3 Å². The summed E-state index contributed by atoms with van der Waals surface area (Å²) in [5, 5.41) is 21.2. The van der Waals surface area contributed by atoms with Crippen molar-refractivity contribution in [2.24, 2.45) is 40.4 Å². The van der Waals surface area contributed by atoms with E-state index in [0.717, 1.165) is 43.4 Å². The van der Waals surface area contributed by atoms with Gasteiger partial charge in [-0.3, -0.25) is 0 Å². The highest BCUT2D eigenvalue weighted by Crippen LogP contribution is 2.67. The molecule has 2 heteroatoms. The zero-order chi connectivity index (χ0) is 15.7. The van der Waals surface area contributed by atoms with Gasteiger partial charge in [-0.2, -0.15) is 0 Å². The van der Waals surface area contributed by atoms with Gasteiger partial charge in [0.1, 0.15) is 0 Å². The van der Waals surface area contributed by atoms with Gasteiger partial charge in [0.25, 0.3) is 0 Å². The summed E-state index contributed by atoms with van der Waals surface area (Å²) >= 11 is 0. The lowest BCUT2D eigenvalue weighted by atomic mass is 9.44. The normalized spacial score (nSPS) is 61.2. The number of hydrogen-bond acceptors (Lipinski definition) is 2. The van der Waals surface area contributed by atoms with E-state index in [1.165, 1.54) is 25.7 Å². The molecule has 0 aromatic heterocycles. The molecule has 0 bridgehead atoms. The SMILES string of the molecule is C[C@@H]1CC[C@H]2[C@@H]3CC[C@@H]4C[C@H](O)CC[C@]4(C)[C@H]3[C@@H](O)C[C@]12C. The lowest BCUT2D eigenvalue weighted by Gasteiger charge is -2.62. The molecule has 4 aliphatic carbocycles. The molecule has 4 aliphatic rings. The molecule has 0 saturated heterocycles. The fourth-order valence-electron chi connectivity index (χ4n) is 7.61. The van der Waals surface area contributed by atoms with Gasteiger partial charge in [-0.1, -0.05) is 20.8 Å². The van der Waals surface area contributed by atoms with Crippen LogP contribution < -0.4 is 0 Å². The molecule has 4 fully saturated rings. The standard InChI is InChI=1S/C20H34O2/c1-12-4-7-16-15-6-5-13-10-14(21)8-9-19(13,2)18(15)17(22)11-20(12,16)3/h12-18,21-22H,4-11H2,1-3H3/t12-,13-,14-,15+,16+,17+,18-,19+,20-/m1/s1. The summed E-state index contributed by atoms with van der Waals surface area (Å²) in [4.78, 5) is 0. The van der Waals surface area contributed by atoms with Gasteiger partial charge in [0.15, 0.2) is 0 Å². The Morgan fingerprint density at radius 1 is 0.909 bits per heavy atom. The van der Waals surface area contributed by atoms with Crippen LogP contribution in [0, 0.1) is 40.4 Å². The van der Waals surface area contributed by atoms with Crippen molar-refractivity contribution in [3.63, 3.8) is 0 Å². The van der Waals surface area contributed by atoms with Gasteiger partial charge in [-0.05, 0) is 91.8 Å². The zero-order valence-electron chi connectivity index (χ0n) is 14.6. The molecule has 2 nitrogen and oxygen atoms in total. The number of hydrogen-bond donors (Lipinski definition) is 2. The largest absolute Gasteiger partial charge is 0.393 e. The molecule has 0 aromatic rings. The first-order valence-electron chi connectivity index (χ1n) is 9.72. The van der Waals surface area contributed by atoms with Crippen molar-refractivity contribution in [2.75, 3.05) is 0 Å². The van der Waals surface area contributed by atoms with Crippen LogP contribution in [0.25, 0.3) is 0 Å². The molecule has 0 spiro atoms. The molecule has 0 heterocycles. The minimum Gasteiger partial charge on any atom is -0.393 e. The molecular weight excluding hydrogens is 272 g/mol. The second kappa shape index (κ2) is 4.96. The van der Waals surface area contributed by atoms with E-state index in [1.54, 1.807) is 0 Å². The molecule has 2 N–H and O–H groups in total. The first kappa shape index (κ1) is 15.4. The summed E-state index contributed by atoms with van der Waals surface area (Å²) in [6, 6.07) is 0. The fraction of sp³-hybridized carbons (Fsp3) is 1.00. The number of fused-ring (bicyclic) bond motifs is 5. The Bertz CT molecular complexity index is 449. The van der Waals surface area contributed by atoms with Crippen LogP contribution in [0.15, 0.2) is 0 Å². The van der Waals surface area contributed by atoms with E-state index in [1.807, 2.05) is 0 Å². The van der Waals surface area contributed by atoms with Crippen molar-refractivity contribution in [1.29, 1.82) is 0 Å². The van der Waals surface area contributed by atoms with Crippen molar-refractivity contribution in [3.05, 3.63) is 0 Å². The lowest BCUT2D eigenvalue weighted by Crippen LogP contribution is -2.58. The molecule has 4 saturated carbocycles. The van der Waals surface area contributed by atoms with Gasteiger partial charge in [0.05, 0.1) is 12.2 Å². The van der Waals surface area contributed by atoms with Gasteiger partial charge in [-0.25, -0.2) is 0 Å². The van der Waals surface area contributed by atoms with E-state index in [4.69, 9.17) is 0 Å². The van der Waals surface area contributed by atoms with E-state index in [2.05, 4.69) is 20.8 Å². The first-order valence-corrected chi connectivity index (χ1v) is 9.72. The first-order chi connectivity index (χ1) is 10.4. The Balaban J connectivity index is 1.68. The molecule has 22 heavy (non-hydrogen) atoms. The summed E-state index contributed by atoms with van der Waals surface area (Å²) in [6.07, 6.45) is 9.17. The van der Waals surface area contributed by atoms with Gasteiger partial charge in [0, 0.05) is 0 Å². The van der Waals surface area contributed by atoms with Gasteiger partial charge in [0.2, 0.25) is 0 Å². The molecular formula is C20H34O2. The average molecular weight is 306 g/mol. The van der Waals surface area contributed by atoms with Crippen molar-refractivity contribution >= 4 is 0 Å². The van der Waals surface area contributed by atoms with E-state index < -0.39 is 0 Å². The van der Waals surface area contributed by atoms with Crippen LogP contribution in [0.2, 0.25) is 0 Å². The highest BCUT2D eigenvalue weighted by molar-refractivity contribution is 5.11. The Morgan fingerprint density at radius 3 is 2.45 bits per heavy atom. The predicted molar refractivity (Wildman–Crippen MR) is 88.3 cm³/mol. The Kier molecular flexibility index (Phi) is 3.48. The minimum atomic E-state index is -0.116. The molecule has 0 amide bonds. The minimum absolute atomic E-state index is 0.0906. The Morgan fingerprint density at radius 2 is 1.68 bits per heavy atom. The predicted octanol–water partition coefficient (Wildman–Crippen LogP) is 4.00. The molecule has 0 radical (unpaired) electrons. The number of aliphatic hydroxyl groups is 2. The maximum atomic E-state index is 11.1. The number of rotatable bonds is 0. The summed E-state index contributed by atoms with van der Waals surface area (Å²) in [6.45, 7) is 7.33. The molecule has 0 aromatic carbocycles. The van der Waals surface area contributed by atoms with Crippen LogP contribution in [0.3, 0.4) is 0 Å². The van der Waals surface area contributed by atoms with E-state index in [9.17, 15) is 10.2 Å². The molecule has 0 unspecified atom stereocenters. The topological polar surface area (TPSA) is 40.5 Å². The second-order valence-corrected chi connectivity index (χ2v) is 9.76. The molecule has 9 atom stereocenters. The van der Waals surface area contributed by atoms with Crippen molar-refractivity contribution in [3.8, 4) is 0 Å². The third-order valence-electron chi connectivity index (χ3n) is 9.04. The summed E-state index contributed by atoms with van der Waals surface area (Å²) in [5.41, 5.74) is 0.646.